The molecule has 0 aliphatic rings. The highest BCUT2D eigenvalue weighted by Crippen LogP contribution is 2.25. The molecular weight excluding hydrogens is 370 g/mol. The summed E-state index contributed by atoms with van der Waals surface area (Å²) >= 11 is 5.82. The van der Waals surface area contributed by atoms with Gasteiger partial charge in [-0.3, -0.25) is 4.79 Å². The Morgan fingerprint density at radius 1 is 1.15 bits per heavy atom. The molecule has 2 aromatic carbocycles. The number of halogens is 1. The highest BCUT2D eigenvalue weighted by atomic mass is 35.5. The van der Waals surface area contributed by atoms with Crippen LogP contribution in [-0.2, 0) is 20.7 Å². The third-order valence-electron chi connectivity index (χ3n) is 3.66. The van der Waals surface area contributed by atoms with Gasteiger partial charge in [0.2, 0.25) is 5.91 Å². The maximum atomic E-state index is 12.2. The maximum absolute atomic E-state index is 12.2. The fraction of sp³-hybridized carbons (Fsp3) is 0.200. The SMILES string of the molecule is CCOC(=O)[C@H](Cc1ccc(O)c(O)c1)NC(=O)/C=C/c1ccc(Cl)cc1. The van der Waals surface area contributed by atoms with E-state index in [9.17, 15) is 19.8 Å². The van der Waals surface area contributed by atoms with Crippen LogP contribution in [0.2, 0.25) is 5.02 Å². The Bertz CT molecular complexity index is 833. The molecule has 0 saturated heterocycles. The van der Waals surface area contributed by atoms with Gasteiger partial charge in [0.05, 0.1) is 6.61 Å². The van der Waals surface area contributed by atoms with Crippen molar-refractivity contribution in [1.82, 2.24) is 5.32 Å². The highest BCUT2D eigenvalue weighted by Gasteiger charge is 2.22. The van der Waals surface area contributed by atoms with Crippen LogP contribution in [0.3, 0.4) is 0 Å². The second-order valence-electron chi connectivity index (χ2n) is 5.73. The van der Waals surface area contributed by atoms with Crippen molar-refractivity contribution in [2.45, 2.75) is 19.4 Å². The fourth-order valence-electron chi connectivity index (χ4n) is 2.33. The van der Waals surface area contributed by atoms with Crippen molar-refractivity contribution in [3.8, 4) is 11.5 Å². The molecule has 1 amide bonds. The molecule has 3 N–H and O–H groups in total. The van der Waals surface area contributed by atoms with E-state index in [0.29, 0.717) is 10.6 Å². The number of hydrogen-bond acceptors (Lipinski definition) is 5. The van der Waals surface area contributed by atoms with E-state index in [1.165, 1.54) is 18.2 Å². The standard InChI is InChI=1S/C20H20ClNO5/c1-2-27-20(26)16(11-14-5-9-17(23)18(24)12-14)22-19(25)10-6-13-3-7-15(21)8-4-13/h3-10,12,16,23-24H,2,11H2,1H3,(H,22,25)/b10-6+/t16-/m0/s1. The molecule has 0 unspecified atom stereocenters. The quantitative estimate of drug-likeness (QED) is 0.384. The van der Waals surface area contributed by atoms with Crippen molar-refractivity contribution >= 4 is 29.6 Å². The molecule has 0 spiro atoms. The summed E-state index contributed by atoms with van der Waals surface area (Å²) in [7, 11) is 0. The Balaban J connectivity index is 2.08. The van der Waals surface area contributed by atoms with E-state index < -0.39 is 17.9 Å². The maximum Gasteiger partial charge on any atom is 0.328 e. The van der Waals surface area contributed by atoms with E-state index in [0.717, 1.165) is 5.56 Å². The van der Waals surface area contributed by atoms with Crippen LogP contribution >= 0.6 is 11.6 Å². The van der Waals surface area contributed by atoms with E-state index in [-0.39, 0.29) is 24.5 Å². The molecule has 6 nitrogen and oxygen atoms in total. The summed E-state index contributed by atoms with van der Waals surface area (Å²) < 4.78 is 5.00. The fourth-order valence-corrected chi connectivity index (χ4v) is 2.46. The van der Waals surface area contributed by atoms with Crippen LogP contribution in [0.15, 0.2) is 48.5 Å². The minimum absolute atomic E-state index is 0.104. The van der Waals surface area contributed by atoms with E-state index >= 15 is 0 Å². The first-order valence-electron chi connectivity index (χ1n) is 8.30. The first-order chi connectivity index (χ1) is 12.9. The zero-order chi connectivity index (χ0) is 19.8. The van der Waals surface area contributed by atoms with Crippen LogP contribution in [0.1, 0.15) is 18.1 Å². The summed E-state index contributed by atoms with van der Waals surface area (Å²) in [5.41, 5.74) is 1.34. The summed E-state index contributed by atoms with van der Waals surface area (Å²) in [4.78, 5) is 24.4. The summed E-state index contributed by atoms with van der Waals surface area (Å²) in [6, 6.07) is 10.2. The summed E-state index contributed by atoms with van der Waals surface area (Å²) in [6.45, 7) is 1.84. The van der Waals surface area contributed by atoms with E-state index in [1.807, 2.05) is 0 Å². The molecule has 0 fully saturated rings. The Morgan fingerprint density at radius 3 is 2.48 bits per heavy atom. The Hall–Kier alpha value is -2.99. The number of nitrogens with one attached hydrogen (secondary N) is 1. The minimum atomic E-state index is -0.934. The van der Waals surface area contributed by atoms with Crippen LogP contribution in [0, 0.1) is 0 Å². The Kier molecular flexibility index (Phi) is 7.25. The number of phenolic OH excluding ortho intramolecular Hbond substituents is 2. The number of benzene rings is 2. The van der Waals surface area contributed by atoms with E-state index in [4.69, 9.17) is 16.3 Å². The number of esters is 1. The van der Waals surface area contributed by atoms with Gasteiger partial charge in [-0.2, -0.15) is 0 Å². The number of hydrogen-bond donors (Lipinski definition) is 3. The van der Waals surface area contributed by atoms with E-state index in [2.05, 4.69) is 5.32 Å². The molecule has 0 aliphatic heterocycles. The van der Waals surface area contributed by atoms with Gasteiger partial charge >= 0.3 is 5.97 Å². The molecule has 1 atom stereocenters. The minimum Gasteiger partial charge on any atom is -0.504 e. The average Bonchev–Trinajstić information content (AvgIpc) is 2.64. The largest absolute Gasteiger partial charge is 0.504 e. The molecule has 27 heavy (non-hydrogen) atoms. The number of phenols is 2. The normalized spacial score (nSPS) is 11.9. The molecule has 0 radical (unpaired) electrons. The predicted octanol–water partition coefficient (Wildman–Crippen LogP) is 3.06. The van der Waals surface area contributed by atoms with Crippen LogP contribution in [0.5, 0.6) is 11.5 Å². The van der Waals surface area contributed by atoms with Gasteiger partial charge in [-0.15, -0.1) is 0 Å². The number of ether oxygens (including phenoxy) is 1. The molecule has 0 bridgehead atoms. The molecule has 2 aromatic rings. The van der Waals surface area contributed by atoms with Crippen LogP contribution < -0.4 is 5.32 Å². The topological polar surface area (TPSA) is 95.9 Å². The van der Waals surface area contributed by atoms with Crippen molar-refractivity contribution in [2.75, 3.05) is 6.61 Å². The number of amides is 1. The molecule has 7 heteroatoms. The lowest BCUT2D eigenvalue weighted by atomic mass is 10.0. The van der Waals surface area contributed by atoms with Gasteiger partial charge in [-0.05, 0) is 48.4 Å². The highest BCUT2D eigenvalue weighted by molar-refractivity contribution is 6.30. The Labute approximate surface area is 162 Å². The summed E-state index contributed by atoms with van der Waals surface area (Å²) in [5.74, 6) is -1.62. The first kappa shape index (κ1) is 20.3. The van der Waals surface area contributed by atoms with Crippen molar-refractivity contribution in [1.29, 1.82) is 0 Å². The smallest absolute Gasteiger partial charge is 0.328 e. The average molecular weight is 390 g/mol. The molecule has 142 valence electrons. The second-order valence-corrected chi connectivity index (χ2v) is 6.16. The zero-order valence-corrected chi connectivity index (χ0v) is 15.4. The van der Waals surface area contributed by atoms with Crippen LogP contribution in [-0.4, -0.2) is 34.7 Å². The number of carbonyl (C=O) groups is 2. The van der Waals surface area contributed by atoms with Crippen molar-refractivity contribution < 1.29 is 24.5 Å². The monoisotopic (exact) mass is 389 g/mol. The van der Waals surface area contributed by atoms with Crippen molar-refractivity contribution in [3.05, 3.63) is 64.7 Å². The second kappa shape index (κ2) is 9.64. The number of aromatic hydroxyl groups is 2. The molecular formula is C20H20ClNO5. The van der Waals surface area contributed by atoms with Gasteiger partial charge in [0.1, 0.15) is 6.04 Å². The lowest BCUT2D eigenvalue weighted by molar-refractivity contribution is -0.146. The summed E-state index contributed by atoms with van der Waals surface area (Å²) in [5, 5.41) is 22.2. The molecule has 0 aliphatic carbocycles. The third kappa shape index (κ3) is 6.34. The first-order valence-corrected chi connectivity index (χ1v) is 8.68. The van der Waals surface area contributed by atoms with E-state index in [1.54, 1.807) is 43.3 Å². The summed E-state index contributed by atoms with van der Waals surface area (Å²) in [6.07, 6.45) is 3.01. The van der Waals surface area contributed by atoms with Crippen LogP contribution in [0.4, 0.5) is 0 Å². The van der Waals surface area contributed by atoms with Crippen molar-refractivity contribution in [2.24, 2.45) is 0 Å². The molecule has 0 saturated carbocycles. The van der Waals surface area contributed by atoms with Crippen molar-refractivity contribution in [3.63, 3.8) is 0 Å². The number of rotatable bonds is 7. The van der Waals surface area contributed by atoms with Crippen LogP contribution in [0.25, 0.3) is 6.08 Å². The van der Waals surface area contributed by atoms with Gasteiger partial charge in [0.15, 0.2) is 11.5 Å². The zero-order valence-electron chi connectivity index (χ0n) is 14.7. The lowest BCUT2D eigenvalue weighted by Crippen LogP contribution is -2.42. The van der Waals surface area contributed by atoms with Gasteiger partial charge in [0, 0.05) is 17.5 Å². The van der Waals surface area contributed by atoms with Gasteiger partial charge in [-0.1, -0.05) is 29.8 Å². The van der Waals surface area contributed by atoms with Gasteiger partial charge < -0.3 is 20.3 Å². The third-order valence-corrected chi connectivity index (χ3v) is 3.92. The number of carbonyl (C=O) groups excluding carboxylic acids is 2. The molecule has 0 aromatic heterocycles. The molecule has 0 heterocycles. The molecule has 2 rings (SSSR count). The Morgan fingerprint density at radius 2 is 1.85 bits per heavy atom. The predicted molar refractivity (Wildman–Crippen MR) is 103 cm³/mol. The van der Waals surface area contributed by atoms with Gasteiger partial charge in [0.25, 0.3) is 0 Å². The lowest BCUT2D eigenvalue weighted by Gasteiger charge is -2.16. The van der Waals surface area contributed by atoms with Gasteiger partial charge in [-0.25, -0.2) is 4.79 Å².